The van der Waals surface area contributed by atoms with Crippen LogP contribution in [0, 0.1) is 0 Å². The third-order valence-corrected chi connectivity index (χ3v) is 6.20. The van der Waals surface area contributed by atoms with Gasteiger partial charge in [-0.05, 0) is 35.3 Å². The highest BCUT2D eigenvalue weighted by molar-refractivity contribution is 8.26. The zero-order valence-electron chi connectivity index (χ0n) is 13.4. The molecular formula is C20H19NOS2. The molecule has 0 spiro atoms. The molecule has 0 bridgehead atoms. The molecule has 122 valence electrons. The van der Waals surface area contributed by atoms with Crippen molar-refractivity contribution < 1.29 is 4.79 Å². The van der Waals surface area contributed by atoms with Crippen LogP contribution in [0.4, 0.5) is 0 Å². The van der Waals surface area contributed by atoms with Crippen molar-refractivity contribution in [2.24, 2.45) is 0 Å². The summed E-state index contributed by atoms with van der Waals surface area (Å²) in [7, 11) is 0. The van der Waals surface area contributed by atoms with Crippen LogP contribution in [0.5, 0.6) is 0 Å². The zero-order valence-corrected chi connectivity index (χ0v) is 15.0. The van der Waals surface area contributed by atoms with Crippen LogP contribution < -0.4 is 0 Å². The van der Waals surface area contributed by atoms with Crippen molar-refractivity contribution in [3.05, 3.63) is 52.9 Å². The van der Waals surface area contributed by atoms with Gasteiger partial charge in [0.25, 0.3) is 5.91 Å². The van der Waals surface area contributed by atoms with Crippen molar-refractivity contribution in [3.63, 3.8) is 0 Å². The minimum atomic E-state index is 0.0878. The van der Waals surface area contributed by atoms with Gasteiger partial charge >= 0.3 is 0 Å². The molecule has 1 heterocycles. The molecule has 0 aromatic heterocycles. The predicted octanol–water partition coefficient (Wildman–Crippen LogP) is 5.37. The van der Waals surface area contributed by atoms with Gasteiger partial charge in [0.2, 0.25) is 0 Å². The highest BCUT2D eigenvalue weighted by Gasteiger charge is 2.37. The quantitative estimate of drug-likeness (QED) is 0.534. The molecule has 0 atom stereocenters. The second-order valence-corrected chi connectivity index (χ2v) is 8.09. The second kappa shape index (κ2) is 6.69. The van der Waals surface area contributed by atoms with Crippen LogP contribution in [0.15, 0.2) is 47.4 Å². The first-order chi connectivity index (χ1) is 11.7. The Bertz CT molecular complexity index is 831. The monoisotopic (exact) mass is 353 g/mol. The van der Waals surface area contributed by atoms with E-state index in [0.717, 1.165) is 27.6 Å². The van der Waals surface area contributed by atoms with Crippen LogP contribution in [0.3, 0.4) is 0 Å². The Labute approximate surface area is 151 Å². The van der Waals surface area contributed by atoms with E-state index in [2.05, 4.69) is 24.3 Å². The van der Waals surface area contributed by atoms with E-state index in [1.807, 2.05) is 29.2 Å². The molecule has 0 radical (unpaired) electrons. The molecule has 2 aliphatic rings. The molecule has 2 aromatic rings. The molecule has 2 nitrogen and oxygen atoms in total. The molecular weight excluding hydrogens is 334 g/mol. The van der Waals surface area contributed by atoms with Gasteiger partial charge < -0.3 is 0 Å². The van der Waals surface area contributed by atoms with Crippen LogP contribution in [-0.4, -0.2) is 21.2 Å². The van der Waals surface area contributed by atoms with E-state index < -0.39 is 0 Å². The van der Waals surface area contributed by atoms with Crippen molar-refractivity contribution >= 4 is 51.1 Å². The summed E-state index contributed by atoms with van der Waals surface area (Å²) in [6, 6.07) is 14.8. The van der Waals surface area contributed by atoms with Crippen molar-refractivity contribution in [1.29, 1.82) is 0 Å². The molecule has 1 amide bonds. The smallest absolute Gasteiger partial charge is 0.266 e. The first-order valence-electron chi connectivity index (χ1n) is 8.49. The Morgan fingerprint density at radius 1 is 1.04 bits per heavy atom. The Morgan fingerprint density at radius 3 is 2.62 bits per heavy atom. The third kappa shape index (κ3) is 2.89. The number of carbonyl (C=O) groups is 1. The summed E-state index contributed by atoms with van der Waals surface area (Å²) in [4.78, 5) is 15.5. The Hall–Kier alpha value is -1.65. The van der Waals surface area contributed by atoms with Crippen LogP contribution in [0.2, 0.25) is 0 Å². The number of rotatable bonds is 2. The number of benzene rings is 2. The lowest BCUT2D eigenvalue weighted by molar-refractivity contribution is -0.124. The average Bonchev–Trinajstić information content (AvgIpc) is 2.90. The number of thioether (sulfide) groups is 1. The summed E-state index contributed by atoms with van der Waals surface area (Å²) in [5.74, 6) is 0.0878. The topological polar surface area (TPSA) is 20.3 Å². The van der Waals surface area contributed by atoms with Gasteiger partial charge in [-0.25, -0.2) is 0 Å². The highest BCUT2D eigenvalue weighted by atomic mass is 32.2. The fraction of sp³-hybridized carbons (Fsp3) is 0.300. The van der Waals surface area contributed by atoms with Gasteiger partial charge in [0.05, 0.1) is 4.91 Å². The van der Waals surface area contributed by atoms with E-state index in [1.165, 1.54) is 41.8 Å². The summed E-state index contributed by atoms with van der Waals surface area (Å²) in [6.45, 7) is 0. The Balaban J connectivity index is 1.67. The van der Waals surface area contributed by atoms with E-state index in [0.29, 0.717) is 6.04 Å². The molecule has 1 saturated heterocycles. The molecule has 2 fully saturated rings. The van der Waals surface area contributed by atoms with E-state index in [4.69, 9.17) is 12.2 Å². The number of fused-ring (bicyclic) bond motifs is 1. The van der Waals surface area contributed by atoms with Crippen LogP contribution in [0.1, 0.15) is 37.7 Å². The van der Waals surface area contributed by atoms with Gasteiger partial charge in [0.1, 0.15) is 4.32 Å². The van der Waals surface area contributed by atoms with E-state index >= 15 is 0 Å². The lowest BCUT2D eigenvalue weighted by Crippen LogP contribution is -2.39. The van der Waals surface area contributed by atoms with Crippen LogP contribution in [0.25, 0.3) is 16.8 Å². The van der Waals surface area contributed by atoms with Crippen molar-refractivity contribution in [3.8, 4) is 0 Å². The Morgan fingerprint density at radius 2 is 1.79 bits per heavy atom. The fourth-order valence-corrected chi connectivity index (χ4v) is 5.04. The predicted molar refractivity (Wildman–Crippen MR) is 106 cm³/mol. The van der Waals surface area contributed by atoms with E-state index in [-0.39, 0.29) is 5.91 Å². The second-order valence-electron chi connectivity index (χ2n) is 6.41. The first-order valence-corrected chi connectivity index (χ1v) is 9.71. The van der Waals surface area contributed by atoms with Crippen LogP contribution in [-0.2, 0) is 4.79 Å². The van der Waals surface area contributed by atoms with Crippen molar-refractivity contribution in [2.75, 3.05) is 0 Å². The van der Waals surface area contributed by atoms with E-state index in [1.54, 1.807) is 0 Å². The maximum Gasteiger partial charge on any atom is 0.266 e. The minimum absolute atomic E-state index is 0.0878. The number of hydrogen-bond donors (Lipinski definition) is 0. The summed E-state index contributed by atoms with van der Waals surface area (Å²) in [6.07, 6.45) is 7.83. The lowest BCUT2D eigenvalue weighted by atomic mass is 9.94. The molecule has 1 aliphatic heterocycles. The summed E-state index contributed by atoms with van der Waals surface area (Å²) >= 11 is 6.96. The van der Waals surface area contributed by atoms with Gasteiger partial charge in [-0.2, -0.15) is 0 Å². The maximum atomic E-state index is 12.9. The largest absolute Gasteiger partial charge is 0.290 e. The number of nitrogens with zero attached hydrogens (tertiary/aromatic N) is 1. The van der Waals surface area contributed by atoms with Crippen LogP contribution >= 0.6 is 24.0 Å². The molecule has 4 rings (SSSR count). The highest BCUT2D eigenvalue weighted by Crippen LogP contribution is 2.37. The molecule has 4 heteroatoms. The molecule has 0 N–H and O–H groups in total. The number of carbonyl (C=O) groups excluding carboxylic acids is 1. The van der Waals surface area contributed by atoms with Gasteiger partial charge in [-0.15, -0.1) is 0 Å². The minimum Gasteiger partial charge on any atom is -0.290 e. The van der Waals surface area contributed by atoms with Crippen molar-refractivity contribution in [2.45, 2.75) is 38.1 Å². The summed E-state index contributed by atoms with van der Waals surface area (Å²) in [5, 5.41) is 2.36. The average molecular weight is 354 g/mol. The summed E-state index contributed by atoms with van der Waals surface area (Å²) in [5.41, 5.74) is 1.08. The summed E-state index contributed by atoms with van der Waals surface area (Å²) < 4.78 is 0.721. The number of thiocarbonyl (C=S) groups is 1. The zero-order chi connectivity index (χ0) is 16.5. The molecule has 2 aromatic carbocycles. The lowest BCUT2D eigenvalue weighted by Gasteiger charge is -2.29. The molecule has 24 heavy (non-hydrogen) atoms. The SMILES string of the molecule is O=C1C(=Cc2cccc3ccccc23)SC(=S)N1C1CCCCC1. The molecule has 0 unspecified atom stereocenters. The normalized spacial score (nSPS) is 21.2. The van der Waals surface area contributed by atoms with Crippen molar-refractivity contribution in [1.82, 2.24) is 4.90 Å². The molecule has 1 aliphatic carbocycles. The fourth-order valence-electron chi connectivity index (χ4n) is 3.65. The maximum absolute atomic E-state index is 12.9. The standard InChI is InChI=1S/C20H19NOS2/c22-19-18(24-20(23)21(19)16-10-2-1-3-11-16)13-15-9-6-8-14-7-4-5-12-17(14)15/h4-9,12-13,16H,1-3,10-11H2. The van der Waals surface area contributed by atoms with Gasteiger partial charge in [-0.3, -0.25) is 9.69 Å². The van der Waals surface area contributed by atoms with Gasteiger partial charge in [-0.1, -0.05) is 85.7 Å². The number of amides is 1. The first kappa shape index (κ1) is 15.9. The third-order valence-electron chi connectivity index (χ3n) is 4.87. The molecule has 1 saturated carbocycles. The van der Waals surface area contributed by atoms with E-state index in [9.17, 15) is 4.79 Å². The van der Waals surface area contributed by atoms with Gasteiger partial charge in [0, 0.05) is 6.04 Å². The van der Waals surface area contributed by atoms with Gasteiger partial charge in [0.15, 0.2) is 0 Å². The number of hydrogen-bond acceptors (Lipinski definition) is 3. The Kier molecular flexibility index (Phi) is 4.42.